The lowest BCUT2D eigenvalue weighted by atomic mass is 10.3. The number of pyridine rings is 2. The van der Waals surface area contributed by atoms with Gasteiger partial charge in [-0.05, 0) is 37.5 Å². The number of unbranched alkanes of at least 4 members (excludes halogenated alkanes) is 1. The van der Waals surface area contributed by atoms with Crippen LogP contribution in [0.3, 0.4) is 0 Å². The van der Waals surface area contributed by atoms with E-state index in [0.717, 1.165) is 29.4 Å². The summed E-state index contributed by atoms with van der Waals surface area (Å²) in [4.78, 5) is 26.4. The van der Waals surface area contributed by atoms with E-state index in [1.165, 1.54) is 0 Å². The molecule has 1 fully saturated rings. The number of halogens is 1. The molecule has 4 aromatic heterocycles. The maximum Gasteiger partial charge on any atom is 0.329 e. The Bertz CT molecular complexity index is 1320. The number of hydrogen-bond acceptors (Lipinski definition) is 5. The van der Waals surface area contributed by atoms with Crippen LogP contribution in [0.5, 0.6) is 0 Å². The molecule has 29 heavy (non-hydrogen) atoms. The van der Waals surface area contributed by atoms with Crippen LogP contribution in [0, 0.1) is 11.3 Å². The van der Waals surface area contributed by atoms with Crippen molar-refractivity contribution in [3.63, 3.8) is 0 Å². The van der Waals surface area contributed by atoms with Crippen molar-refractivity contribution in [2.45, 2.75) is 44.8 Å². The molecule has 8 nitrogen and oxygen atoms in total. The van der Waals surface area contributed by atoms with Crippen LogP contribution in [0.15, 0.2) is 35.4 Å². The van der Waals surface area contributed by atoms with Gasteiger partial charge in [0, 0.05) is 25.2 Å². The smallest absolute Gasteiger partial charge is 0.325 e. The highest BCUT2D eigenvalue weighted by molar-refractivity contribution is 6.29. The fraction of sp³-hybridized carbons (Fsp3) is 0.350. The van der Waals surface area contributed by atoms with Gasteiger partial charge in [-0.2, -0.15) is 5.26 Å². The highest BCUT2D eigenvalue weighted by Gasteiger charge is 2.29. The van der Waals surface area contributed by atoms with Gasteiger partial charge >= 0.3 is 5.69 Å². The monoisotopic (exact) mass is 407 g/mol. The zero-order chi connectivity index (χ0) is 20.0. The van der Waals surface area contributed by atoms with Crippen molar-refractivity contribution in [3.8, 4) is 6.07 Å². The Hall–Kier alpha value is -3.18. The molecule has 0 atom stereocenters. The average Bonchev–Trinajstić information content (AvgIpc) is 3.44. The minimum atomic E-state index is -0.0443. The lowest BCUT2D eigenvalue weighted by Gasteiger charge is -2.09. The van der Waals surface area contributed by atoms with Crippen LogP contribution in [0.4, 0.5) is 0 Å². The van der Waals surface area contributed by atoms with Crippen LogP contribution in [-0.2, 0) is 13.1 Å². The molecule has 0 aliphatic heterocycles. The Morgan fingerprint density at radius 3 is 2.79 bits per heavy atom. The van der Waals surface area contributed by atoms with Crippen molar-refractivity contribution >= 4 is 33.8 Å². The molecule has 1 aliphatic carbocycles. The summed E-state index contributed by atoms with van der Waals surface area (Å²) >= 11 is 6.05. The van der Waals surface area contributed by atoms with Crippen molar-refractivity contribution in [1.82, 2.24) is 28.7 Å². The fourth-order valence-electron chi connectivity index (χ4n) is 3.83. The summed E-state index contributed by atoms with van der Waals surface area (Å²) in [7, 11) is 0. The highest BCUT2D eigenvalue weighted by Crippen LogP contribution is 2.36. The maximum atomic E-state index is 13.2. The Kier molecular flexibility index (Phi) is 4.32. The molecule has 9 heteroatoms. The summed E-state index contributed by atoms with van der Waals surface area (Å²) in [6, 6.07) is 7.94. The van der Waals surface area contributed by atoms with E-state index >= 15 is 0 Å². The number of nitrogens with zero attached hydrogens (tertiary/aromatic N) is 7. The first-order valence-electron chi connectivity index (χ1n) is 9.60. The number of aromatic nitrogens is 6. The largest absolute Gasteiger partial charge is 0.329 e. The predicted molar refractivity (Wildman–Crippen MR) is 109 cm³/mol. The molecular formula is C20H18ClN7O. The van der Waals surface area contributed by atoms with Gasteiger partial charge in [0.2, 0.25) is 0 Å². The lowest BCUT2D eigenvalue weighted by molar-refractivity contribution is 0.598. The van der Waals surface area contributed by atoms with Crippen LogP contribution < -0.4 is 5.69 Å². The second kappa shape index (κ2) is 7.01. The van der Waals surface area contributed by atoms with E-state index in [1.54, 1.807) is 23.0 Å². The first-order valence-corrected chi connectivity index (χ1v) is 9.98. The standard InChI is InChI=1S/C20H18ClN7O/c21-17-6-5-15-19(24-17)25-18(26(15)10-2-1-8-22)12-27-16-11-23-9-7-14(16)28(20(27)29)13-3-4-13/h5-7,9,11,13H,1-4,10,12H2. The molecule has 1 aliphatic rings. The van der Waals surface area contributed by atoms with Crippen LogP contribution in [0.25, 0.3) is 22.2 Å². The number of hydrogen-bond donors (Lipinski definition) is 0. The first kappa shape index (κ1) is 17.9. The van der Waals surface area contributed by atoms with Gasteiger partial charge in [-0.3, -0.25) is 14.1 Å². The Labute approximate surface area is 171 Å². The van der Waals surface area contributed by atoms with Crippen molar-refractivity contribution in [2.75, 3.05) is 0 Å². The van der Waals surface area contributed by atoms with Crippen LogP contribution in [0.1, 0.15) is 37.5 Å². The van der Waals surface area contributed by atoms with E-state index in [1.807, 2.05) is 21.3 Å². The lowest BCUT2D eigenvalue weighted by Crippen LogP contribution is -2.25. The maximum absolute atomic E-state index is 13.2. The molecule has 5 rings (SSSR count). The number of imidazole rings is 2. The highest BCUT2D eigenvalue weighted by atomic mass is 35.5. The van der Waals surface area contributed by atoms with Gasteiger partial charge in [0.1, 0.15) is 11.0 Å². The number of rotatable bonds is 6. The van der Waals surface area contributed by atoms with E-state index < -0.39 is 0 Å². The number of fused-ring (bicyclic) bond motifs is 2. The second-order valence-electron chi connectivity index (χ2n) is 7.25. The third kappa shape index (κ3) is 3.08. The van der Waals surface area contributed by atoms with Crippen molar-refractivity contribution in [3.05, 3.63) is 52.1 Å². The number of nitriles is 1. The predicted octanol–water partition coefficient (Wildman–Crippen LogP) is 3.28. The minimum Gasteiger partial charge on any atom is -0.325 e. The normalized spacial score (nSPS) is 13.9. The van der Waals surface area contributed by atoms with Gasteiger partial charge in [0.05, 0.1) is 35.4 Å². The zero-order valence-electron chi connectivity index (χ0n) is 15.6. The van der Waals surface area contributed by atoms with E-state index in [0.29, 0.717) is 42.6 Å². The summed E-state index contributed by atoms with van der Waals surface area (Å²) in [6.07, 6.45) is 6.64. The summed E-state index contributed by atoms with van der Waals surface area (Å²) in [5.41, 5.74) is 3.05. The van der Waals surface area contributed by atoms with E-state index in [4.69, 9.17) is 16.9 Å². The molecule has 4 heterocycles. The molecule has 0 unspecified atom stereocenters. The van der Waals surface area contributed by atoms with E-state index in [9.17, 15) is 4.79 Å². The molecular weight excluding hydrogens is 390 g/mol. The van der Waals surface area contributed by atoms with E-state index in [-0.39, 0.29) is 11.7 Å². The average molecular weight is 408 g/mol. The second-order valence-corrected chi connectivity index (χ2v) is 7.64. The van der Waals surface area contributed by atoms with Gasteiger partial charge in [-0.15, -0.1) is 0 Å². The zero-order valence-corrected chi connectivity index (χ0v) is 16.4. The molecule has 4 aromatic rings. The summed E-state index contributed by atoms with van der Waals surface area (Å²) in [5, 5.41) is 9.28. The van der Waals surface area contributed by atoms with Crippen molar-refractivity contribution in [2.24, 2.45) is 0 Å². The van der Waals surface area contributed by atoms with Crippen molar-refractivity contribution < 1.29 is 0 Å². The van der Waals surface area contributed by atoms with E-state index in [2.05, 4.69) is 21.0 Å². The number of aryl methyl sites for hydroxylation is 1. The molecule has 0 radical (unpaired) electrons. The third-order valence-corrected chi connectivity index (χ3v) is 5.52. The quantitative estimate of drug-likeness (QED) is 0.361. The summed E-state index contributed by atoms with van der Waals surface area (Å²) < 4.78 is 5.62. The molecule has 0 spiro atoms. The van der Waals surface area contributed by atoms with Gasteiger partial charge in [-0.25, -0.2) is 14.8 Å². The Morgan fingerprint density at radius 2 is 2.00 bits per heavy atom. The van der Waals surface area contributed by atoms with Gasteiger partial charge in [0.25, 0.3) is 0 Å². The summed E-state index contributed by atoms with van der Waals surface area (Å²) in [6.45, 7) is 0.929. The summed E-state index contributed by atoms with van der Waals surface area (Å²) in [5.74, 6) is 0.716. The minimum absolute atomic E-state index is 0.0443. The fourth-order valence-corrected chi connectivity index (χ4v) is 3.97. The molecule has 146 valence electrons. The van der Waals surface area contributed by atoms with Crippen molar-refractivity contribution in [1.29, 1.82) is 5.26 Å². The molecule has 1 saturated carbocycles. The molecule has 0 N–H and O–H groups in total. The van der Waals surface area contributed by atoms with Gasteiger partial charge in [-0.1, -0.05) is 11.6 Å². The van der Waals surface area contributed by atoms with Crippen LogP contribution in [0.2, 0.25) is 5.15 Å². The Morgan fingerprint density at radius 1 is 1.14 bits per heavy atom. The Balaban J connectivity index is 1.64. The first-order chi connectivity index (χ1) is 14.2. The topological polar surface area (TPSA) is 94.3 Å². The SMILES string of the molecule is N#CCCCn1c(Cn2c(=O)n(C3CC3)c3ccncc32)nc2nc(Cl)ccc21. The molecule has 0 saturated heterocycles. The molecule has 0 aromatic carbocycles. The third-order valence-electron chi connectivity index (χ3n) is 5.30. The van der Waals surface area contributed by atoms with Crippen LogP contribution >= 0.6 is 11.6 Å². The molecule has 0 amide bonds. The van der Waals surface area contributed by atoms with Gasteiger partial charge < -0.3 is 4.57 Å². The van der Waals surface area contributed by atoms with Gasteiger partial charge in [0.15, 0.2) is 5.65 Å². The van der Waals surface area contributed by atoms with Crippen LogP contribution in [-0.4, -0.2) is 28.7 Å². The molecule has 0 bridgehead atoms.